The summed E-state index contributed by atoms with van der Waals surface area (Å²) >= 11 is 1.64. The Balaban J connectivity index is 0.000000262. The number of imidazole rings is 1. The minimum Gasteiger partial charge on any atom is -0.441 e. The largest absolute Gasteiger partial charge is 0.441 e. The third-order valence-corrected chi connectivity index (χ3v) is 16.9. The molecule has 9 N–H and O–H groups in total. The fourth-order valence-corrected chi connectivity index (χ4v) is 11.7. The zero-order chi connectivity index (χ0) is 68.8. The topological polar surface area (TPSA) is 344 Å². The second kappa shape index (κ2) is 36.9. The molecule has 0 bridgehead atoms. The normalized spacial score (nSPS) is 16.6. The summed E-state index contributed by atoms with van der Waals surface area (Å²) in [6.45, 7) is 8.59. The van der Waals surface area contributed by atoms with Gasteiger partial charge in [0.1, 0.15) is 47.8 Å². The lowest BCUT2D eigenvalue weighted by Crippen LogP contribution is -2.53. The smallest absolute Gasteiger partial charge is 0.256 e. The van der Waals surface area contributed by atoms with Crippen molar-refractivity contribution in [2.75, 3.05) is 112 Å². The number of thiazole rings is 1. The highest BCUT2D eigenvalue weighted by atomic mass is 32.1. The molecule has 2 aromatic carbocycles. The number of amides is 6. The van der Waals surface area contributed by atoms with Gasteiger partial charge in [0.25, 0.3) is 5.91 Å². The molecule has 0 radical (unpaired) electrons. The third kappa shape index (κ3) is 21.9. The van der Waals surface area contributed by atoms with Crippen LogP contribution < -0.4 is 21.3 Å². The van der Waals surface area contributed by atoms with E-state index in [9.17, 15) is 49.2 Å². The van der Waals surface area contributed by atoms with Crippen molar-refractivity contribution in [2.45, 2.75) is 108 Å². The molecule has 6 amide bonds. The molecule has 0 aliphatic carbocycles. The van der Waals surface area contributed by atoms with E-state index in [2.05, 4.69) is 51.2 Å². The van der Waals surface area contributed by atoms with E-state index in [1.54, 1.807) is 122 Å². The number of oxazole rings is 1. The summed E-state index contributed by atoms with van der Waals surface area (Å²) < 4.78 is 6.83. The molecule has 92 heavy (non-hydrogen) atoms. The Morgan fingerprint density at radius 3 is 1.50 bits per heavy atom. The van der Waals surface area contributed by atoms with Crippen LogP contribution in [-0.2, 0) is 48.0 Å². The molecule has 0 saturated heterocycles. The first-order valence-corrected chi connectivity index (χ1v) is 31.5. The number of amidine groups is 1. The van der Waals surface area contributed by atoms with Crippen LogP contribution in [0.15, 0.2) is 76.3 Å². The number of benzene rings is 2. The Hall–Kier alpha value is -7.25. The number of carbonyl (C=O) groups is 6. The lowest BCUT2D eigenvalue weighted by Gasteiger charge is -2.34. The van der Waals surface area contributed by atoms with E-state index in [1.807, 2.05) is 100 Å². The number of aliphatic imine (C=N–C) groups is 1. The summed E-state index contributed by atoms with van der Waals surface area (Å²) in [5.74, 6) is -0.678. The molecular formula is C64H100N16O11S. The van der Waals surface area contributed by atoms with Gasteiger partial charge in [0.15, 0.2) is 17.1 Å². The first-order valence-electron chi connectivity index (χ1n) is 30.7. The minimum atomic E-state index is -0.976. The number of nitrogens with one attached hydrogen (secondary N) is 5. The highest BCUT2D eigenvalue weighted by Crippen LogP contribution is 2.27. The summed E-state index contributed by atoms with van der Waals surface area (Å²) in [4.78, 5) is 107. The number of aliphatic hydroxyl groups excluding tert-OH is 4. The summed E-state index contributed by atoms with van der Waals surface area (Å²) in [5.41, 5.74) is 4.05. The van der Waals surface area contributed by atoms with Crippen molar-refractivity contribution in [3.8, 4) is 0 Å². The van der Waals surface area contributed by atoms with Crippen LogP contribution in [0.1, 0.15) is 57.3 Å². The fraction of sp³-hybridized carbons (Fsp3) is 0.578. The summed E-state index contributed by atoms with van der Waals surface area (Å²) in [5, 5.41) is 53.6. The van der Waals surface area contributed by atoms with Crippen molar-refractivity contribution in [1.29, 1.82) is 0 Å². The number of pyridine rings is 1. The number of rotatable bonds is 27. The Kier molecular flexibility index (Phi) is 30.9. The van der Waals surface area contributed by atoms with Crippen molar-refractivity contribution >= 4 is 85.1 Å². The van der Waals surface area contributed by atoms with Gasteiger partial charge in [-0.05, 0) is 131 Å². The van der Waals surface area contributed by atoms with Gasteiger partial charge >= 0.3 is 0 Å². The molecule has 27 nitrogen and oxygen atoms in total. The lowest BCUT2D eigenvalue weighted by atomic mass is 9.92. The van der Waals surface area contributed by atoms with Gasteiger partial charge in [0.05, 0.1) is 45.2 Å². The van der Waals surface area contributed by atoms with Gasteiger partial charge in [-0.2, -0.15) is 4.99 Å². The number of hydrogen-bond acceptors (Lipinski definition) is 21. The van der Waals surface area contributed by atoms with Gasteiger partial charge in [0, 0.05) is 73.2 Å². The van der Waals surface area contributed by atoms with E-state index in [-0.39, 0.29) is 66.0 Å². The number of para-hydroxylation sites is 3. The highest BCUT2D eigenvalue weighted by Gasteiger charge is 2.38. The maximum atomic E-state index is 12.2. The quantitative estimate of drug-likeness (QED) is 0.0330. The Morgan fingerprint density at radius 2 is 1.04 bits per heavy atom. The van der Waals surface area contributed by atoms with Crippen LogP contribution in [0.3, 0.4) is 0 Å². The van der Waals surface area contributed by atoms with Crippen LogP contribution in [0.4, 0.5) is 0 Å². The predicted molar refractivity (Wildman–Crippen MR) is 357 cm³/mol. The minimum absolute atomic E-state index is 0.0646. The van der Waals surface area contributed by atoms with Crippen LogP contribution in [0, 0.1) is 23.7 Å². The van der Waals surface area contributed by atoms with Crippen LogP contribution >= 0.6 is 11.3 Å². The number of fused-ring (bicyclic) bond motifs is 3. The first-order chi connectivity index (χ1) is 43.4. The maximum Gasteiger partial charge on any atom is 0.256 e. The van der Waals surface area contributed by atoms with Gasteiger partial charge in [-0.1, -0.05) is 52.0 Å². The molecule has 28 heteroatoms. The maximum absolute atomic E-state index is 12.2. The van der Waals surface area contributed by atoms with Gasteiger partial charge < -0.3 is 56.0 Å². The molecule has 1 aliphatic heterocycles. The van der Waals surface area contributed by atoms with E-state index >= 15 is 0 Å². The van der Waals surface area contributed by atoms with Crippen molar-refractivity contribution in [3.63, 3.8) is 0 Å². The molecule has 508 valence electrons. The number of aliphatic hydroxyl groups is 4. The molecule has 7 rings (SSSR count). The number of carbonyl (C=O) groups excluding carboxylic acids is 6. The molecule has 1 aliphatic rings. The van der Waals surface area contributed by atoms with E-state index in [0.29, 0.717) is 49.7 Å². The van der Waals surface area contributed by atoms with Crippen LogP contribution in [-0.4, -0.2) is 276 Å². The van der Waals surface area contributed by atoms with Crippen molar-refractivity contribution in [3.05, 3.63) is 83.6 Å². The van der Waals surface area contributed by atoms with Gasteiger partial charge in [-0.3, -0.25) is 53.3 Å². The van der Waals surface area contributed by atoms with E-state index in [1.165, 1.54) is 11.9 Å². The molecular weight excluding hydrogens is 1200 g/mol. The zero-order valence-corrected chi connectivity index (χ0v) is 57.5. The number of nitrogens with zero attached hydrogens (tertiary/aromatic N) is 11. The molecule has 12 atom stereocenters. The monoisotopic (exact) mass is 1300 g/mol. The molecule has 0 saturated carbocycles. The number of hydrogen-bond donors (Lipinski definition) is 9. The molecule has 0 fully saturated rings. The van der Waals surface area contributed by atoms with Gasteiger partial charge in [-0.15, -0.1) is 11.3 Å². The molecule has 5 heterocycles. The first kappa shape index (κ1) is 77.2. The Morgan fingerprint density at radius 1 is 0.587 bits per heavy atom. The van der Waals surface area contributed by atoms with Gasteiger partial charge in [0.2, 0.25) is 29.5 Å². The molecule has 4 aromatic heterocycles. The summed E-state index contributed by atoms with van der Waals surface area (Å²) in [7, 11) is 24.2. The predicted octanol–water partition coefficient (Wildman–Crippen LogP) is 1.50. The van der Waals surface area contributed by atoms with Crippen LogP contribution in [0.5, 0.6) is 0 Å². The van der Waals surface area contributed by atoms with Crippen molar-refractivity contribution < 1.29 is 53.6 Å². The third-order valence-electron chi connectivity index (χ3n) is 15.8. The SMILES string of the molecule is CNC(=O)[C@@H]([C@H](O)[C@H](C)CC1=NC(=O)CC(=O)N1CCN(C)C)N(C)C.CNC(=O)[C@@H]([C@H](O)[C@H](C)Cc1nc2ccccc2o1)N(C)C.CNC(=O)[C@@H]([C@H](O)[C@H](C)Cc1nc2ccccc2s1)N(C)C.CNC(=O)[C@@H]([C@H](O)[C@H](C)Cc1nc2ncccc2[nH]1)N(C)C. The van der Waals surface area contributed by atoms with E-state index in [0.717, 1.165) is 37.7 Å². The van der Waals surface area contributed by atoms with Crippen molar-refractivity contribution in [1.82, 2.24) is 75.6 Å². The van der Waals surface area contributed by atoms with E-state index < -0.39 is 54.5 Å². The highest BCUT2D eigenvalue weighted by molar-refractivity contribution is 7.18. The van der Waals surface area contributed by atoms with Crippen LogP contribution in [0.25, 0.3) is 32.5 Å². The Bertz CT molecular complexity index is 2990. The van der Waals surface area contributed by atoms with E-state index in [4.69, 9.17) is 4.42 Å². The molecule has 0 unspecified atom stereocenters. The average Bonchev–Trinajstić information content (AvgIpc) is 1.32. The van der Waals surface area contributed by atoms with Gasteiger partial charge in [-0.25, -0.2) is 19.9 Å². The molecule has 0 spiro atoms. The second-order valence-electron chi connectivity index (χ2n) is 24.4. The standard InChI is InChI=1S/C17H31N5O4.C16H23N3O3.C16H23N3O2S.C15H23N5O2/c1-11(16(25)15(21(5)6)17(26)18-2)9-12-19-13(23)10-14(24)22(12)8-7-20(3)4;2*1-10(15(20)14(19(3)4)16(21)17-2)9-13-18-11-7-5-6-8-12(11)22-13;1-9(13(21)12(20(3)4)15(22)16-2)8-11-18-10-6-5-7-17-14(10)19-11/h11,15-16,25H,7-10H2,1-6H3,(H,18,26);2*5-8,10,14-15,20H,9H2,1-4H3,(H,17,21);5-7,9,12-13,21H,8H2,1-4H3,(H,16,22)(H,17,18,19)/t11-,15-,16-;2*10-,14-,15-;9-,12-,13-/m1111/s1. The Labute approximate surface area is 544 Å². The summed E-state index contributed by atoms with van der Waals surface area (Å²) in [6.07, 6.45) is 0.0231. The van der Waals surface area contributed by atoms with Crippen LogP contribution in [0.2, 0.25) is 0 Å². The lowest BCUT2D eigenvalue weighted by molar-refractivity contribution is -0.134. The number of aromatic amines is 1. The number of H-pyrrole nitrogens is 1. The summed E-state index contributed by atoms with van der Waals surface area (Å²) in [6, 6.07) is 16.8. The second-order valence-corrected chi connectivity index (χ2v) is 25.5. The number of likely N-dealkylation sites (N-methyl/N-ethyl adjacent to an activating group) is 9. The zero-order valence-electron chi connectivity index (χ0n) is 56.7. The fourth-order valence-electron chi connectivity index (χ4n) is 10.6. The van der Waals surface area contributed by atoms with Crippen molar-refractivity contribution in [2.24, 2.45) is 28.7 Å². The molecule has 6 aromatic rings. The number of aromatic nitrogens is 5. The average molecular weight is 1300 g/mol.